The third-order valence-corrected chi connectivity index (χ3v) is 5.22. The number of aromatic amines is 1. The van der Waals surface area contributed by atoms with Crippen LogP contribution in [-0.2, 0) is 24.1 Å². The Bertz CT molecular complexity index is 693. The van der Waals surface area contributed by atoms with Crippen LogP contribution in [0.5, 0.6) is 0 Å². The molecule has 2 heterocycles. The van der Waals surface area contributed by atoms with E-state index >= 15 is 0 Å². The molecular formula is C19H23N3O. The van der Waals surface area contributed by atoms with Crippen molar-refractivity contribution < 1.29 is 4.79 Å². The normalized spacial score (nSPS) is 20.5. The summed E-state index contributed by atoms with van der Waals surface area (Å²) in [4.78, 5) is 14.9. The molecule has 0 saturated carbocycles. The van der Waals surface area contributed by atoms with E-state index in [1.807, 2.05) is 11.0 Å². The van der Waals surface area contributed by atoms with Crippen LogP contribution in [0, 0.1) is 0 Å². The maximum atomic E-state index is 12.9. The second-order valence-electron chi connectivity index (χ2n) is 6.74. The number of nitrogens with zero attached hydrogens (tertiary/aromatic N) is 2. The number of amides is 1. The summed E-state index contributed by atoms with van der Waals surface area (Å²) in [6, 6.07) is 8.75. The van der Waals surface area contributed by atoms with Gasteiger partial charge in [-0.1, -0.05) is 18.2 Å². The SMILES string of the molecule is O=C(Cc1ccc2c(c1)CCC2)N1CCCCC1c1ccn[nH]1. The van der Waals surface area contributed by atoms with Gasteiger partial charge in [-0.15, -0.1) is 0 Å². The van der Waals surface area contributed by atoms with Crippen molar-refractivity contribution in [1.82, 2.24) is 15.1 Å². The van der Waals surface area contributed by atoms with Crippen molar-refractivity contribution in [3.05, 3.63) is 52.8 Å². The van der Waals surface area contributed by atoms with Gasteiger partial charge in [0.05, 0.1) is 18.2 Å². The number of H-pyrrole nitrogens is 1. The molecule has 1 fully saturated rings. The van der Waals surface area contributed by atoms with Gasteiger partial charge in [0.2, 0.25) is 5.91 Å². The molecule has 1 unspecified atom stereocenters. The maximum absolute atomic E-state index is 12.9. The van der Waals surface area contributed by atoms with E-state index < -0.39 is 0 Å². The number of piperidine rings is 1. The van der Waals surface area contributed by atoms with Gasteiger partial charge in [0.25, 0.3) is 0 Å². The van der Waals surface area contributed by atoms with E-state index in [0.29, 0.717) is 6.42 Å². The molecule has 1 aromatic heterocycles. The molecule has 2 aliphatic rings. The van der Waals surface area contributed by atoms with Gasteiger partial charge in [0.15, 0.2) is 0 Å². The van der Waals surface area contributed by atoms with Crippen LogP contribution in [0.3, 0.4) is 0 Å². The van der Waals surface area contributed by atoms with Crippen molar-refractivity contribution in [1.29, 1.82) is 0 Å². The molecule has 1 N–H and O–H groups in total. The number of carbonyl (C=O) groups is 1. The fourth-order valence-electron chi connectivity index (χ4n) is 4.02. The zero-order valence-corrected chi connectivity index (χ0v) is 13.4. The summed E-state index contributed by atoms with van der Waals surface area (Å²) in [6.45, 7) is 0.855. The minimum Gasteiger partial charge on any atom is -0.334 e. The molecule has 1 aromatic carbocycles. The number of hydrogen-bond acceptors (Lipinski definition) is 2. The van der Waals surface area contributed by atoms with Crippen molar-refractivity contribution >= 4 is 5.91 Å². The van der Waals surface area contributed by atoms with Crippen molar-refractivity contribution in [2.45, 2.75) is 51.0 Å². The van der Waals surface area contributed by atoms with Crippen molar-refractivity contribution in [2.24, 2.45) is 0 Å². The third kappa shape index (κ3) is 2.90. The fourth-order valence-corrected chi connectivity index (χ4v) is 4.02. The maximum Gasteiger partial charge on any atom is 0.227 e. The van der Waals surface area contributed by atoms with E-state index in [1.54, 1.807) is 6.20 Å². The average Bonchev–Trinajstić information content (AvgIpc) is 3.26. The predicted molar refractivity (Wildman–Crippen MR) is 89.1 cm³/mol. The Morgan fingerprint density at radius 2 is 2.09 bits per heavy atom. The first-order valence-corrected chi connectivity index (χ1v) is 8.71. The molecule has 1 amide bonds. The van der Waals surface area contributed by atoms with Gasteiger partial charge in [-0.3, -0.25) is 9.89 Å². The van der Waals surface area contributed by atoms with Gasteiger partial charge >= 0.3 is 0 Å². The number of fused-ring (bicyclic) bond motifs is 1. The monoisotopic (exact) mass is 309 g/mol. The minimum absolute atomic E-state index is 0.160. The molecule has 1 saturated heterocycles. The molecule has 1 aliphatic heterocycles. The standard InChI is InChI=1S/C19H23N3O/c23-19(13-14-7-8-15-4-3-5-16(15)12-14)22-11-2-1-6-18(22)17-9-10-20-21-17/h7-10,12,18H,1-6,11,13H2,(H,20,21). The largest absolute Gasteiger partial charge is 0.334 e. The van der Waals surface area contributed by atoms with Crippen molar-refractivity contribution in [2.75, 3.05) is 6.54 Å². The number of aryl methyl sites for hydroxylation is 2. The number of aromatic nitrogens is 2. The highest BCUT2D eigenvalue weighted by molar-refractivity contribution is 5.79. The second-order valence-corrected chi connectivity index (χ2v) is 6.74. The molecule has 0 spiro atoms. The molecule has 0 bridgehead atoms. The minimum atomic E-state index is 0.160. The van der Waals surface area contributed by atoms with E-state index in [4.69, 9.17) is 0 Å². The summed E-state index contributed by atoms with van der Waals surface area (Å²) < 4.78 is 0. The Balaban J connectivity index is 1.51. The lowest BCUT2D eigenvalue weighted by atomic mass is 9.97. The van der Waals surface area contributed by atoms with Gasteiger partial charge < -0.3 is 4.90 Å². The Morgan fingerprint density at radius 3 is 2.96 bits per heavy atom. The number of hydrogen-bond donors (Lipinski definition) is 1. The molecule has 120 valence electrons. The van der Waals surface area contributed by atoms with Crippen molar-refractivity contribution in [3.63, 3.8) is 0 Å². The zero-order valence-electron chi connectivity index (χ0n) is 13.4. The van der Waals surface area contributed by atoms with E-state index in [2.05, 4.69) is 28.4 Å². The number of rotatable bonds is 3. The molecule has 0 radical (unpaired) electrons. The molecule has 2 aromatic rings. The van der Waals surface area contributed by atoms with E-state index in [9.17, 15) is 4.79 Å². The smallest absolute Gasteiger partial charge is 0.227 e. The Hall–Kier alpha value is -2.10. The van der Waals surface area contributed by atoms with Gasteiger partial charge in [0.1, 0.15) is 0 Å². The highest BCUT2D eigenvalue weighted by atomic mass is 16.2. The highest BCUT2D eigenvalue weighted by Crippen LogP contribution is 2.30. The lowest BCUT2D eigenvalue weighted by Gasteiger charge is -2.35. The molecule has 4 heteroatoms. The topological polar surface area (TPSA) is 49.0 Å². The summed E-state index contributed by atoms with van der Waals surface area (Å²) in [5.41, 5.74) is 5.13. The number of carbonyl (C=O) groups excluding carboxylic acids is 1. The van der Waals surface area contributed by atoms with Crippen LogP contribution in [-0.4, -0.2) is 27.5 Å². The second kappa shape index (κ2) is 6.19. The van der Waals surface area contributed by atoms with Crippen LogP contribution in [0.2, 0.25) is 0 Å². The first kappa shape index (κ1) is 14.5. The Morgan fingerprint density at radius 1 is 1.17 bits per heavy atom. The quantitative estimate of drug-likeness (QED) is 0.946. The molecule has 4 nitrogen and oxygen atoms in total. The summed E-state index contributed by atoms with van der Waals surface area (Å²) in [6.07, 6.45) is 9.19. The lowest BCUT2D eigenvalue weighted by Crippen LogP contribution is -2.39. The number of likely N-dealkylation sites (tertiary alicyclic amines) is 1. The van der Waals surface area contributed by atoms with Crippen molar-refractivity contribution in [3.8, 4) is 0 Å². The summed E-state index contributed by atoms with van der Waals surface area (Å²) in [7, 11) is 0. The number of benzene rings is 1. The molecule has 1 aliphatic carbocycles. The third-order valence-electron chi connectivity index (χ3n) is 5.22. The Kier molecular flexibility index (Phi) is 3.90. The average molecular weight is 309 g/mol. The van der Waals surface area contributed by atoms with Crippen LogP contribution >= 0.6 is 0 Å². The lowest BCUT2D eigenvalue weighted by molar-refractivity contribution is -0.134. The summed E-state index contributed by atoms with van der Waals surface area (Å²) in [5, 5.41) is 7.10. The first-order valence-electron chi connectivity index (χ1n) is 8.71. The van der Waals surface area contributed by atoms with E-state index in [1.165, 1.54) is 30.4 Å². The summed E-state index contributed by atoms with van der Waals surface area (Å²) >= 11 is 0. The van der Waals surface area contributed by atoms with Crippen LogP contribution < -0.4 is 0 Å². The predicted octanol–water partition coefficient (Wildman–Crippen LogP) is 3.19. The zero-order chi connectivity index (χ0) is 15.6. The Labute approximate surface area is 136 Å². The van der Waals surface area contributed by atoms with Gasteiger partial charge in [-0.05, 0) is 61.3 Å². The van der Waals surface area contributed by atoms with E-state index in [0.717, 1.165) is 37.1 Å². The fraction of sp³-hybridized carbons (Fsp3) is 0.474. The van der Waals surface area contributed by atoms with Gasteiger partial charge in [-0.25, -0.2) is 0 Å². The molecule has 4 rings (SSSR count). The van der Waals surface area contributed by atoms with Crippen LogP contribution in [0.4, 0.5) is 0 Å². The van der Waals surface area contributed by atoms with Gasteiger partial charge in [-0.2, -0.15) is 5.10 Å². The molecule has 23 heavy (non-hydrogen) atoms. The van der Waals surface area contributed by atoms with Crippen LogP contribution in [0.25, 0.3) is 0 Å². The number of nitrogens with one attached hydrogen (secondary N) is 1. The van der Waals surface area contributed by atoms with Crippen LogP contribution in [0.15, 0.2) is 30.5 Å². The van der Waals surface area contributed by atoms with Crippen LogP contribution in [0.1, 0.15) is 54.1 Å². The molecule has 1 atom stereocenters. The van der Waals surface area contributed by atoms with E-state index in [-0.39, 0.29) is 11.9 Å². The first-order chi connectivity index (χ1) is 11.3. The summed E-state index contributed by atoms with van der Waals surface area (Å²) in [5.74, 6) is 0.238. The van der Waals surface area contributed by atoms with Gasteiger partial charge in [0, 0.05) is 12.7 Å². The highest BCUT2D eigenvalue weighted by Gasteiger charge is 2.28. The molecular weight excluding hydrogens is 286 g/mol.